The molecule has 162 valence electrons. The molecule has 8 heteroatoms. The molecule has 1 aromatic heterocycles. The third kappa shape index (κ3) is 4.46. The maximum absolute atomic E-state index is 13.5. The molecule has 0 N–H and O–H groups in total. The number of halogens is 2. The number of carbonyl (C=O) groups is 1. The molecule has 2 aliphatic rings. The van der Waals surface area contributed by atoms with E-state index in [0.717, 1.165) is 30.5 Å². The molecule has 2 atom stereocenters. The van der Waals surface area contributed by atoms with Gasteiger partial charge in [-0.05, 0) is 63.5 Å². The van der Waals surface area contributed by atoms with Crippen molar-refractivity contribution in [3.8, 4) is 0 Å². The van der Waals surface area contributed by atoms with Crippen molar-refractivity contribution in [3.63, 3.8) is 0 Å². The molecule has 1 amide bonds. The van der Waals surface area contributed by atoms with E-state index in [2.05, 4.69) is 15.3 Å². The predicted octanol–water partition coefficient (Wildman–Crippen LogP) is 5.46. The molecule has 0 spiro atoms. The van der Waals surface area contributed by atoms with Gasteiger partial charge in [-0.1, -0.05) is 28.8 Å². The van der Waals surface area contributed by atoms with Crippen molar-refractivity contribution in [2.75, 3.05) is 12.1 Å². The molecule has 6 nitrogen and oxygen atoms in total. The van der Waals surface area contributed by atoms with E-state index in [1.807, 2.05) is 37.9 Å². The largest absolute Gasteiger partial charge is 0.328 e. The molecule has 1 aromatic carbocycles. The topological polar surface area (TPSA) is 61.7 Å². The number of fused-ring (bicyclic) bond motifs is 4. The molecule has 1 saturated heterocycles. The molecular weight excluding hydrogens is 433 g/mol. The number of aromatic nitrogens is 2. The summed E-state index contributed by atoms with van der Waals surface area (Å²) in [6.45, 7) is 4.04. The Labute approximate surface area is 192 Å². The predicted molar refractivity (Wildman–Crippen MR) is 125 cm³/mol. The number of piperidine rings is 1. The third-order valence-corrected chi connectivity index (χ3v) is 6.54. The van der Waals surface area contributed by atoms with Crippen LogP contribution in [0.2, 0.25) is 10.0 Å². The van der Waals surface area contributed by atoms with Gasteiger partial charge in [0.1, 0.15) is 0 Å². The van der Waals surface area contributed by atoms with Gasteiger partial charge in [0.2, 0.25) is 0 Å². The molecule has 0 saturated carbocycles. The van der Waals surface area contributed by atoms with Gasteiger partial charge in [0.25, 0.3) is 5.91 Å². The number of benzene rings is 1. The summed E-state index contributed by atoms with van der Waals surface area (Å²) < 4.78 is 0. The summed E-state index contributed by atoms with van der Waals surface area (Å²) in [5.74, 6) is 0.635. The average molecular weight is 458 g/mol. The minimum atomic E-state index is -0.0335. The Hall–Kier alpha value is -2.44. The lowest BCUT2D eigenvalue weighted by molar-refractivity contribution is 0.0394. The SMILES string of the molecule is CC(C)=CC=NN(C)c1cc2c(nn1)CC1CCCC2N1C(=O)c1ccc(Cl)c(Cl)c1. The lowest BCUT2D eigenvalue weighted by Crippen LogP contribution is -2.50. The summed E-state index contributed by atoms with van der Waals surface area (Å²) in [5.41, 5.74) is 3.75. The second-order valence-electron chi connectivity index (χ2n) is 8.28. The summed E-state index contributed by atoms with van der Waals surface area (Å²) in [6, 6.07) is 7.16. The Balaban J connectivity index is 1.66. The van der Waals surface area contributed by atoms with Crippen LogP contribution >= 0.6 is 23.2 Å². The number of carbonyl (C=O) groups excluding carboxylic acids is 1. The smallest absolute Gasteiger partial charge is 0.254 e. The van der Waals surface area contributed by atoms with Gasteiger partial charge in [-0.2, -0.15) is 10.2 Å². The summed E-state index contributed by atoms with van der Waals surface area (Å²) in [7, 11) is 1.84. The van der Waals surface area contributed by atoms with Crippen molar-refractivity contribution >= 4 is 41.1 Å². The molecule has 4 rings (SSSR count). The first-order valence-corrected chi connectivity index (χ1v) is 11.2. The molecule has 2 aliphatic heterocycles. The van der Waals surface area contributed by atoms with E-state index in [1.54, 1.807) is 29.4 Å². The molecule has 2 aromatic rings. The van der Waals surface area contributed by atoms with Crippen molar-refractivity contribution in [2.45, 2.75) is 51.6 Å². The van der Waals surface area contributed by atoms with Gasteiger partial charge in [-0.15, -0.1) is 5.10 Å². The van der Waals surface area contributed by atoms with E-state index in [-0.39, 0.29) is 18.0 Å². The van der Waals surface area contributed by atoms with Crippen molar-refractivity contribution in [3.05, 3.63) is 62.8 Å². The van der Waals surface area contributed by atoms with Gasteiger partial charge in [0.15, 0.2) is 5.82 Å². The van der Waals surface area contributed by atoms with Crippen molar-refractivity contribution in [1.29, 1.82) is 0 Å². The Morgan fingerprint density at radius 3 is 2.74 bits per heavy atom. The monoisotopic (exact) mass is 457 g/mol. The highest BCUT2D eigenvalue weighted by Gasteiger charge is 2.41. The van der Waals surface area contributed by atoms with Crippen LogP contribution in [-0.2, 0) is 6.42 Å². The van der Waals surface area contributed by atoms with Gasteiger partial charge in [-0.25, -0.2) is 5.01 Å². The number of hydrogen-bond donors (Lipinski definition) is 0. The first-order valence-electron chi connectivity index (χ1n) is 10.4. The van der Waals surface area contributed by atoms with Crippen molar-refractivity contribution < 1.29 is 4.79 Å². The Morgan fingerprint density at radius 1 is 1.19 bits per heavy atom. The molecule has 0 radical (unpaired) electrons. The number of allylic oxidation sites excluding steroid dienone is 2. The van der Waals surface area contributed by atoms with Crippen molar-refractivity contribution in [2.24, 2.45) is 5.10 Å². The standard InChI is InChI=1S/C23H25Cl2N5O/c1-14(2)9-10-26-29(3)22-13-17-20(27-28-22)12-16-5-4-6-21(17)30(16)23(31)15-7-8-18(24)19(25)11-15/h7-11,13,16,21H,4-6,12H2,1-3H3. The van der Waals surface area contributed by atoms with Gasteiger partial charge >= 0.3 is 0 Å². The van der Waals surface area contributed by atoms with E-state index in [4.69, 9.17) is 23.2 Å². The van der Waals surface area contributed by atoms with Crippen LogP contribution in [0.25, 0.3) is 0 Å². The fourth-order valence-electron chi connectivity index (χ4n) is 4.26. The minimum absolute atomic E-state index is 0.0211. The van der Waals surface area contributed by atoms with Crippen LogP contribution in [0.3, 0.4) is 0 Å². The quantitative estimate of drug-likeness (QED) is 0.451. The van der Waals surface area contributed by atoms with Gasteiger partial charge in [0, 0.05) is 36.9 Å². The Bertz CT molecular complexity index is 1060. The van der Waals surface area contributed by atoms with Gasteiger partial charge in [0.05, 0.1) is 21.8 Å². The summed E-state index contributed by atoms with van der Waals surface area (Å²) >= 11 is 12.2. The van der Waals surface area contributed by atoms with Crippen LogP contribution in [0.5, 0.6) is 0 Å². The number of hydrazone groups is 1. The normalized spacial score (nSPS) is 19.8. The summed E-state index contributed by atoms with van der Waals surface area (Å²) in [4.78, 5) is 15.5. The highest BCUT2D eigenvalue weighted by molar-refractivity contribution is 6.42. The lowest BCUT2D eigenvalue weighted by atomic mass is 9.82. The second-order valence-corrected chi connectivity index (χ2v) is 9.10. The highest BCUT2D eigenvalue weighted by Crippen LogP contribution is 2.42. The molecule has 3 heterocycles. The Morgan fingerprint density at radius 2 is 2.00 bits per heavy atom. The first kappa shape index (κ1) is 21.8. The zero-order valence-corrected chi connectivity index (χ0v) is 19.4. The van der Waals surface area contributed by atoms with Crippen LogP contribution in [0.1, 0.15) is 60.8 Å². The molecule has 0 aliphatic carbocycles. The highest BCUT2D eigenvalue weighted by atomic mass is 35.5. The molecule has 1 fully saturated rings. The summed E-state index contributed by atoms with van der Waals surface area (Å²) in [6.07, 6.45) is 7.31. The Kier molecular flexibility index (Phi) is 6.30. The van der Waals surface area contributed by atoms with Crippen LogP contribution in [0.4, 0.5) is 5.82 Å². The summed E-state index contributed by atoms with van der Waals surface area (Å²) in [5, 5.41) is 15.8. The van der Waals surface area contributed by atoms with Crippen molar-refractivity contribution in [1.82, 2.24) is 15.1 Å². The van der Waals surface area contributed by atoms with E-state index >= 15 is 0 Å². The maximum Gasteiger partial charge on any atom is 0.254 e. The average Bonchev–Trinajstić information content (AvgIpc) is 2.74. The van der Waals surface area contributed by atoms with Crippen LogP contribution in [0.15, 0.2) is 41.0 Å². The first-order chi connectivity index (χ1) is 14.8. The lowest BCUT2D eigenvalue weighted by Gasteiger charge is -2.46. The van der Waals surface area contributed by atoms with Gasteiger partial charge in [-0.3, -0.25) is 4.79 Å². The number of rotatable bonds is 4. The van der Waals surface area contributed by atoms with Crippen LogP contribution in [-0.4, -0.2) is 40.3 Å². The molecular formula is C23H25Cl2N5O. The second kappa shape index (κ2) is 8.97. The van der Waals surface area contributed by atoms with Crippen LogP contribution in [0, 0.1) is 0 Å². The molecule has 2 unspecified atom stereocenters. The maximum atomic E-state index is 13.5. The fourth-order valence-corrected chi connectivity index (χ4v) is 4.56. The molecule has 2 bridgehead atoms. The van der Waals surface area contributed by atoms with E-state index in [0.29, 0.717) is 27.8 Å². The minimum Gasteiger partial charge on any atom is -0.328 e. The fraction of sp³-hybridized carbons (Fsp3) is 0.391. The van der Waals surface area contributed by atoms with Crippen LogP contribution < -0.4 is 5.01 Å². The number of anilines is 1. The molecule has 31 heavy (non-hydrogen) atoms. The number of hydrogen-bond acceptors (Lipinski definition) is 5. The number of nitrogens with zero attached hydrogens (tertiary/aromatic N) is 5. The third-order valence-electron chi connectivity index (χ3n) is 5.80. The number of amides is 1. The van der Waals surface area contributed by atoms with E-state index in [9.17, 15) is 4.79 Å². The van der Waals surface area contributed by atoms with E-state index < -0.39 is 0 Å². The zero-order valence-electron chi connectivity index (χ0n) is 17.8. The van der Waals surface area contributed by atoms with E-state index in [1.165, 1.54) is 5.57 Å². The zero-order chi connectivity index (χ0) is 22.1. The van der Waals surface area contributed by atoms with Gasteiger partial charge < -0.3 is 4.90 Å².